The van der Waals surface area contributed by atoms with Gasteiger partial charge in [0.05, 0.1) is 19.1 Å². The standard InChI is InChI=1S/C14H26N4O2/c1-3-10-19-11-5-13-16-14(17-20-13)12(4-2)18-8-6-15-7-9-18/h12,15H,3-11H2,1-2H3. The second-order valence-corrected chi connectivity index (χ2v) is 5.12. The fraction of sp³-hybridized carbons (Fsp3) is 0.857. The van der Waals surface area contributed by atoms with Gasteiger partial charge in [-0.25, -0.2) is 0 Å². The van der Waals surface area contributed by atoms with Crippen LogP contribution in [0.15, 0.2) is 4.52 Å². The second kappa shape index (κ2) is 8.34. The molecule has 0 aliphatic carbocycles. The molecule has 0 saturated carbocycles. The third-order valence-corrected chi connectivity index (χ3v) is 3.57. The van der Waals surface area contributed by atoms with E-state index in [-0.39, 0.29) is 6.04 Å². The van der Waals surface area contributed by atoms with Crippen LogP contribution in [0.3, 0.4) is 0 Å². The first kappa shape index (κ1) is 15.4. The molecule has 1 fully saturated rings. The van der Waals surface area contributed by atoms with Gasteiger partial charge in [0.2, 0.25) is 5.89 Å². The van der Waals surface area contributed by atoms with Crippen LogP contribution in [0.1, 0.15) is 44.4 Å². The lowest BCUT2D eigenvalue weighted by atomic mass is 10.1. The van der Waals surface area contributed by atoms with Crippen molar-refractivity contribution in [2.75, 3.05) is 39.4 Å². The average molecular weight is 282 g/mol. The van der Waals surface area contributed by atoms with E-state index >= 15 is 0 Å². The van der Waals surface area contributed by atoms with Crippen LogP contribution < -0.4 is 5.32 Å². The van der Waals surface area contributed by atoms with Gasteiger partial charge in [-0.1, -0.05) is 19.0 Å². The monoisotopic (exact) mass is 282 g/mol. The number of piperazine rings is 1. The number of rotatable bonds is 8. The Morgan fingerprint density at radius 3 is 2.80 bits per heavy atom. The Morgan fingerprint density at radius 1 is 1.30 bits per heavy atom. The van der Waals surface area contributed by atoms with Crippen molar-refractivity contribution in [2.45, 2.75) is 39.2 Å². The smallest absolute Gasteiger partial charge is 0.229 e. The molecular formula is C14H26N4O2. The summed E-state index contributed by atoms with van der Waals surface area (Å²) in [7, 11) is 0. The molecule has 6 nitrogen and oxygen atoms in total. The minimum absolute atomic E-state index is 0.270. The van der Waals surface area contributed by atoms with Crippen molar-refractivity contribution in [3.63, 3.8) is 0 Å². The Bertz CT molecular complexity index is 377. The zero-order chi connectivity index (χ0) is 14.2. The van der Waals surface area contributed by atoms with Gasteiger partial charge in [0.25, 0.3) is 0 Å². The average Bonchev–Trinajstić information content (AvgIpc) is 2.94. The summed E-state index contributed by atoms with van der Waals surface area (Å²) in [4.78, 5) is 6.96. The number of nitrogens with zero attached hydrogens (tertiary/aromatic N) is 3. The SMILES string of the molecule is CCCOCCc1nc(C(CC)N2CCNCC2)no1. The van der Waals surface area contributed by atoms with E-state index in [2.05, 4.69) is 34.2 Å². The maximum atomic E-state index is 5.45. The van der Waals surface area contributed by atoms with Gasteiger partial charge in [0.15, 0.2) is 5.82 Å². The van der Waals surface area contributed by atoms with E-state index < -0.39 is 0 Å². The highest BCUT2D eigenvalue weighted by Crippen LogP contribution is 2.21. The fourth-order valence-electron chi connectivity index (χ4n) is 2.51. The van der Waals surface area contributed by atoms with Crippen LogP contribution in [0.2, 0.25) is 0 Å². The lowest BCUT2D eigenvalue weighted by molar-refractivity contribution is 0.131. The highest BCUT2D eigenvalue weighted by molar-refractivity contribution is 4.96. The molecule has 0 amide bonds. The predicted octanol–water partition coefficient (Wildman–Crippen LogP) is 1.40. The molecule has 20 heavy (non-hydrogen) atoms. The van der Waals surface area contributed by atoms with E-state index in [9.17, 15) is 0 Å². The molecule has 1 aromatic heterocycles. The van der Waals surface area contributed by atoms with Gasteiger partial charge in [0.1, 0.15) is 0 Å². The first-order chi connectivity index (χ1) is 9.85. The highest BCUT2D eigenvalue weighted by atomic mass is 16.5. The number of ether oxygens (including phenoxy) is 1. The Hall–Kier alpha value is -0.980. The molecule has 1 aromatic rings. The molecule has 0 radical (unpaired) electrons. The Balaban J connectivity index is 1.88. The molecule has 114 valence electrons. The third kappa shape index (κ3) is 4.26. The first-order valence-corrected chi connectivity index (χ1v) is 7.70. The zero-order valence-corrected chi connectivity index (χ0v) is 12.6. The minimum Gasteiger partial charge on any atom is -0.381 e. The van der Waals surface area contributed by atoms with Crippen molar-refractivity contribution in [2.24, 2.45) is 0 Å². The Kier molecular flexibility index (Phi) is 6.42. The molecule has 1 unspecified atom stereocenters. The lowest BCUT2D eigenvalue weighted by Crippen LogP contribution is -2.45. The molecule has 1 saturated heterocycles. The molecule has 0 bridgehead atoms. The summed E-state index contributed by atoms with van der Waals surface area (Å²) in [5, 5.41) is 7.53. The van der Waals surface area contributed by atoms with Crippen molar-refractivity contribution >= 4 is 0 Å². The third-order valence-electron chi connectivity index (χ3n) is 3.57. The van der Waals surface area contributed by atoms with Crippen LogP contribution in [0.5, 0.6) is 0 Å². The zero-order valence-electron chi connectivity index (χ0n) is 12.6. The Labute approximate surface area is 120 Å². The molecule has 6 heteroatoms. The molecule has 2 heterocycles. The van der Waals surface area contributed by atoms with Gasteiger partial charge in [-0.2, -0.15) is 4.98 Å². The van der Waals surface area contributed by atoms with Gasteiger partial charge in [-0.15, -0.1) is 0 Å². The van der Waals surface area contributed by atoms with E-state index in [0.717, 1.165) is 51.5 Å². The number of hydrogen-bond donors (Lipinski definition) is 1. The molecule has 1 aliphatic rings. The predicted molar refractivity (Wildman–Crippen MR) is 76.6 cm³/mol. The molecule has 1 aliphatic heterocycles. The van der Waals surface area contributed by atoms with E-state index in [4.69, 9.17) is 9.26 Å². The summed E-state index contributed by atoms with van der Waals surface area (Å²) in [5.41, 5.74) is 0. The van der Waals surface area contributed by atoms with Gasteiger partial charge >= 0.3 is 0 Å². The van der Waals surface area contributed by atoms with Gasteiger partial charge in [-0.3, -0.25) is 4.90 Å². The summed E-state index contributed by atoms with van der Waals surface area (Å²) in [6.45, 7) is 9.87. The normalized spacial score (nSPS) is 18.3. The maximum absolute atomic E-state index is 5.45. The first-order valence-electron chi connectivity index (χ1n) is 7.70. The molecule has 1 N–H and O–H groups in total. The highest BCUT2D eigenvalue weighted by Gasteiger charge is 2.24. The van der Waals surface area contributed by atoms with E-state index in [1.807, 2.05) is 0 Å². The fourth-order valence-corrected chi connectivity index (χ4v) is 2.51. The van der Waals surface area contributed by atoms with Crippen LogP contribution in [0.4, 0.5) is 0 Å². The summed E-state index contributed by atoms with van der Waals surface area (Å²) in [6, 6.07) is 0.270. The van der Waals surface area contributed by atoms with Crippen molar-refractivity contribution in [3.05, 3.63) is 11.7 Å². The van der Waals surface area contributed by atoms with Crippen LogP contribution in [0.25, 0.3) is 0 Å². The number of aromatic nitrogens is 2. The van der Waals surface area contributed by atoms with Gasteiger partial charge < -0.3 is 14.6 Å². The lowest BCUT2D eigenvalue weighted by Gasteiger charge is -2.32. The maximum Gasteiger partial charge on any atom is 0.229 e. The van der Waals surface area contributed by atoms with Crippen LogP contribution in [-0.4, -0.2) is 54.4 Å². The van der Waals surface area contributed by atoms with E-state index in [1.54, 1.807) is 0 Å². The number of nitrogens with one attached hydrogen (secondary N) is 1. The molecule has 1 atom stereocenters. The van der Waals surface area contributed by atoms with Crippen molar-refractivity contribution in [1.29, 1.82) is 0 Å². The van der Waals surface area contributed by atoms with Gasteiger partial charge in [0, 0.05) is 32.8 Å². The summed E-state index contributed by atoms with van der Waals surface area (Å²) in [5.74, 6) is 1.50. The topological polar surface area (TPSA) is 63.4 Å². The van der Waals surface area contributed by atoms with Gasteiger partial charge in [-0.05, 0) is 12.8 Å². The van der Waals surface area contributed by atoms with Crippen molar-refractivity contribution < 1.29 is 9.26 Å². The molecular weight excluding hydrogens is 256 g/mol. The largest absolute Gasteiger partial charge is 0.381 e. The molecule has 0 aromatic carbocycles. The van der Waals surface area contributed by atoms with Crippen molar-refractivity contribution in [1.82, 2.24) is 20.4 Å². The number of hydrogen-bond acceptors (Lipinski definition) is 6. The van der Waals surface area contributed by atoms with Crippen molar-refractivity contribution in [3.8, 4) is 0 Å². The summed E-state index contributed by atoms with van der Waals surface area (Å²) in [6.07, 6.45) is 2.74. The summed E-state index contributed by atoms with van der Waals surface area (Å²) < 4.78 is 10.8. The van der Waals surface area contributed by atoms with Crippen LogP contribution in [-0.2, 0) is 11.2 Å². The molecule has 0 spiro atoms. The molecule has 2 rings (SSSR count). The second-order valence-electron chi connectivity index (χ2n) is 5.12. The van der Waals surface area contributed by atoms with E-state index in [0.29, 0.717) is 18.9 Å². The van der Waals surface area contributed by atoms with Crippen LogP contribution in [0, 0.1) is 0 Å². The Morgan fingerprint density at radius 2 is 2.10 bits per heavy atom. The quantitative estimate of drug-likeness (QED) is 0.727. The summed E-state index contributed by atoms with van der Waals surface area (Å²) >= 11 is 0. The minimum atomic E-state index is 0.270. The van der Waals surface area contributed by atoms with E-state index in [1.165, 1.54) is 0 Å². The van der Waals surface area contributed by atoms with Crippen LogP contribution >= 0.6 is 0 Å².